The van der Waals surface area contributed by atoms with Crippen LogP contribution in [0.1, 0.15) is 40.5 Å². The fourth-order valence-electron chi connectivity index (χ4n) is 1.41. The van der Waals surface area contributed by atoms with Crippen LogP contribution in [0.5, 0.6) is 0 Å². The van der Waals surface area contributed by atoms with Crippen LogP contribution in [0.15, 0.2) is 0 Å². The largest absolute Gasteiger partial charge is 0.632 e. The van der Waals surface area contributed by atoms with E-state index in [-0.39, 0.29) is 32.3 Å². The average molecular weight is 394 g/mol. The van der Waals surface area contributed by atoms with Gasteiger partial charge in [-0.15, -0.1) is 0 Å². The molecule has 4 atom stereocenters. The SMILES string of the molecule is CC[N-]C(F)CC(F)[N-]CC.CC[N-]C(F)CC(F)[N-]CC.[Zn]. The summed E-state index contributed by atoms with van der Waals surface area (Å²) >= 11 is 0. The van der Waals surface area contributed by atoms with Crippen molar-refractivity contribution in [1.29, 1.82) is 0 Å². The second-order valence-corrected chi connectivity index (χ2v) is 4.20. The average Bonchev–Trinajstić information content (AvgIpc) is 2.40. The molecule has 0 radical (unpaired) electrons. The van der Waals surface area contributed by atoms with E-state index in [0.717, 1.165) is 0 Å². The van der Waals surface area contributed by atoms with Crippen LogP contribution in [-0.2, 0) is 19.5 Å². The van der Waals surface area contributed by atoms with Crippen LogP contribution >= 0.6 is 0 Å². The third-order valence-electron chi connectivity index (χ3n) is 2.30. The molecule has 9 heteroatoms. The minimum absolute atomic E-state index is 0. The van der Waals surface area contributed by atoms with Crippen LogP contribution in [0.25, 0.3) is 21.3 Å². The number of nitrogens with zero attached hydrogens (tertiary/aromatic N) is 4. The van der Waals surface area contributed by atoms with Crippen molar-refractivity contribution in [1.82, 2.24) is 0 Å². The summed E-state index contributed by atoms with van der Waals surface area (Å²) in [6.45, 7) is 8.43. The zero-order valence-electron chi connectivity index (χ0n) is 14.6. The first-order valence-corrected chi connectivity index (χ1v) is 7.63. The quantitative estimate of drug-likeness (QED) is 0.238. The summed E-state index contributed by atoms with van der Waals surface area (Å²) in [4.78, 5) is 0. The molecule has 0 saturated carbocycles. The first-order valence-electron chi connectivity index (χ1n) is 7.63. The number of hydrogen-bond acceptors (Lipinski definition) is 0. The summed E-state index contributed by atoms with van der Waals surface area (Å²) in [5.74, 6) is 0. The standard InChI is InChI=1S/2C7H14F2N2.Zn/c2*1-3-10-6(8)5-7(9)11-4-2;/h2*6-7H,3-5H2,1-2H3;/q2*-2;. The molecule has 0 aromatic carbocycles. The fourth-order valence-corrected chi connectivity index (χ4v) is 1.41. The summed E-state index contributed by atoms with van der Waals surface area (Å²) in [7, 11) is 0. The van der Waals surface area contributed by atoms with Gasteiger partial charge in [0.25, 0.3) is 0 Å². The Hall–Kier alpha value is 0.183. The Morgan fingerprint density at radius 1 is 0.522 bits per heavy atom. The number of hydrogen-bond donors (Lipinski definition) is 0. The van der Waals surface area contributed by atoms with Gasteiger partial charge in [0.2, 0.25) is 0 Å². The minimum atomic E-state index is -1.40. The Kier molecular flexibility index (Phi) is 24.6. The molecule has 4 nitrogen and oxygen atoms in total. The molecule has 0 aliphatic carbocycles. The van der Waals surface area contributed by atoms with Crippen LogP contribution < -0.4 is 0 Å². The van der Waals surface area contributed by atoms with E-state index in [0.29, 0.717) is 26.2 Å². The van der Waals surface area contributed by atoms with Gasteiger partial charge in [0.05, 0.1) is 0 Å². The topological polar surface area (TPSA) is 56.4 Å². The minimum Gasteiger partial charge on any atom is -0.632 e. The molecule has 138 valence electrons. The van der Waals surface area contributed by atoms with E-state index >= 15 is 0 Å². The molecule has 0 aliphatic rings. The molecular formula is C14H28F4N4Zn-4. The maximum Gasteiger partial charge on any atom is 0.0142 e. The zero-order chi connectivity index (χ0) is 17.4. The molecule has 0 aromatic rings. The van der Waals surface area contributed by atoms with Crippen molar-refractivity contribution in [3.63, 3.8) is 0 Å². The van der Waals surface area contributed by atoms with Crippen molar-refractivity contribution in [2.75, 3.05) is 26.2 Å². The molecule has 0 aliphatic heterocycles. The summed E-state index contributed by atoms with van der Waals surface area (Å²) < 4.78 is 50.0. The summed E-state index contributed by atoms with van der Waals surface area (Å²) in [5.41, 5.74) is 0. The Labute approximate surface area is 150 Å². The van der Waals surface area contributed by atoms with Crippen molar-refractivity contribution < 1.29 is 37.0 Å². The van der Waals surface area contributed by atoms with E-state index in [4.69, 9.17) is 0 Å². The van der Waals surface area contributed by atoms with E-state index in [1.165, 1.54) is 0 Å². The molecule has 0 N–H and O–H groups in total. The normalized spacial score (nSPS) is 15.7. The summed E-state index contributed by atoms with van der Waals surface area (Å²) in [6, 6.07) is 0. The van der Waals surface area contributed by atoms with Gasteiger partial charge in [0.15, 0.2) is 0 Å². The third-order valence-corrected chi connectivity index (χ3v) is 2.30. The first-order chi connectivity index (χ1) is 10.4. The van der Waals surface area contributed by atoms with Gasteiger partial charge in [0.1, 0.15) is 0 Å². The van der Waals surface area contributed by atoms with Crippen molar-refractivity contribution in [2.45, 2.75) is 65.7 Å². The molecule has 0 aromatic heterocycles. The van der Waals surface area contributed by atoms with Gasteiger partial charge < -0.3 is 21.3 Å². The van der Waals surface area contributed by atoms with Gasteiger partial charge in [-0.2, -0.15) is 26.2 Å². The maximum absolute atomic E-state index is 12.5. The molecular weight excluding hydrogens is 366 g/mol. The molecule has 0 amide bonds. The van der Waals surface area contributed by atoms with Crippen molar-refractivity contribution >= 4 is 0 Å². The zero-order valence-corrected chi connectivity index (χ0v) is 17.5. The third kappa shape index (κ3) is 22.2. The van der Waals surface area contributed by atoms with E-state index in [9.17, 15) is 17.6 Å². The number of halogens is 4. The Morgan fingerprint density at radius 3 is 0.826 bits per heavy atom. The van der Waals surface area contributed by atoms with E-state index in [1.54, 1.807) is 27.7 Å². The van der Waals surface area contributed by atoms with Gasteiger partial charge in [-0.1, -0.05) is 27.7 Å². The summed E-state index contributed by atoms with van der Waals surface area (Å²) in [6.07, 6.45) is -6.06. The molecule has 0 bridgehead atoms. The molecule has 4 unspecified atom stereocenters. The molecule has 0 heterocycles. The Balaban J connectivity index is -0.000000333. The van der Waals surface area contributed by atoms with E-state index < -0.39 is 25.2 Å². The van der Waals surface area contributed by atoms with Gasteiger partial charge in [-0.3, -0.25) is 17.6 Å². The smallest absolute Gasteiger partial charge is 0.0142 e. The van der Waals surface area contributed by atoms with Crippen molar-refractivity contribution in [3.8, 4) is 0 Å². The van der Waals surface area contributed by atoms with Gasteiger partial charge >= 0.3 is 0 Å². The molecule has 0 fully saturated rings. The monoisotopic (exact) mass is 392 g/mol. The Morgan fingerprint density at radius 2 is 0.696 bits per heavy atom. The van der Waals surface area contributed by atoms with Gasteiger partial charge in [-0.05, 0) is 12.8 Å². The van der Waals surface area contributed by atoms with Crippen LogP contribution in [-0.4, -0.2) is 51.4 Å². The molecule has 0 spiro atoms. The number of alkyl halides is 4. The molecule has 0 saturated heterocycles. The van der Waals surface area contributed by atoms with Crippen molar-refractivity contribution in [3.05, 3.63) is 21.3 Å². The van der Waals surface area contributed by atoms with Crippen LogP contribution in [0, 0.1) is 0 Å². The molecule has 0 rings (SSSR count). The van der Waals surface area contributed by atoms with Crippen molar-refractivity contribution in [2.24, 2.45) is 0 Å². The van der Waals surface area contributed by atoms with Gasteiger partial charge in [0, 0.05) is 44.7 Å². The van der Waals surface area contributed by atoms with Crippen LogP contribution in [0.4, 0.5) is 17.6 Å². The predicted molar refractivity (Wildman–Crippen MR) is 84.4 cm³/mol. The maximum atomic E-state index is 12.5. The van der Waals surface area contributed by atoms with Crippen LogP contribution in [0.2, 0.25) is 0 Å². The number of rotatable bonds is 12. The summed E-state index contributed by atoms with van der Waals surface area (Å²) in [5, 5.41) is 13.9. The second-order valence-electron chi connectivity index (χ2n) is 4.20. The Bertz CT molecular complexity index is 189. The van der Waals surface area contributed by atoms with E-state index in [2.05, 4.69) is 21.3 Å². The molecule has 23 heavy (non-hydrogen) atoms. The van der Waals surface area contributed by atoms with Crippen LogP contribution in [0.3, 0.4) is 0 Å². The van der Waals surface area contributed by atoms with E-state index in [1.807, 2.05) is 0 Å². The fraction of sp³-hybridized carbons (Fsp3) is 1.00. The van der Waals surface area contributed by atoms with Gasteiger partial charge in [-0.25, -0.2) is 0 Å². The predicted octanol–water partition coefficient (Wildman–Crippen LogP) is 5.51. The first kappa shape index (κ1) is 28.0. The second kappa shape index (κ2) is 20.2.